The van der Waals surface area contributed by atoms with E-state index in [-0.39, 0.29) is 11.8 Å². The van der Waals surface area contributed by atoms with E-state index in [2.05, 4.69) is 20.6 Å². The van der Waals surface area contributed by atoms with Crippen LogP contribution in [0.5, 0.6) is 5.75 Å². The van der Waals surface area contributed by atoms with Crippen molar-refractivity contribution in [2.75, 3.05) is 12.4 Å². The van der Waals surface area contributed by atoms with E-state index in [1.807, 2.05) is 24.3 Å². The Balaban J connectivity index is 1.41. The number of ether oxygens (including phenoxy) is 1. The number of rotatable bonds is 8. The van der Waals surface area contributed by atoms with Crippen LogP contribution in [-0.4, -0.2) is 28.9 Å². The number of aromatic amines is 1. The number of carbonyl (C=O) groups is 2. The van der Waals surface area contributed by atoms with Crippen LogP contribution in [0, 0.1) is 5.92 Å². The third-order valence-corrected chi connectivity index (χ3v) is 5.95. The maximum atomic E-state index is 12.8. The van der Waals surface area contributed by atoms with Gasteiger partial charge in [-0.1, -0.05) is 43.9 Å². The molecule has 4 rings (SSSR count). The summed E-state index contributed by atoms with van der Waals surface area (Å²) in [6.07, 6.45) is 9.73. The lowest BCUT2D eigenvalue weighted by Gasteiger charge is -2.10. The molecule has 7 heteroatoms. The fraction of sp³-hybridized carbons (Fsp3) is 0.375. The van der Waals surface area contributed by atoms with Crippen molar-refractivity contribution in [2.45, 2.75) is 45.1 Å². The minimum absolute atomic E-state index is 0.00856. The van der Waals surface area contributed by atoms with Gasteiger partial charge in [-0.2, -0.15) is 0 Å². The summed E-state index contributed by atoms with van der Waals surface area (Å²) in [6, 6.07) is 9.36. The number of aromatic nitrogens is 2. The molecule has 0 aliphatic heterocycles. The summed E-state index contributed by atoms with van der Waals surface area (Å²) in [6.45, 7) is 0.348. The Bertz CT molecular complexity index is 1070. The van der Waals surface area contributed by atoms with E-state index in [1.54, 1.807) is 25.6 Å². The van der Waals surface area contributed by atoms with E-state index >= 15 is 0 Å². The van der Waals surface area contributed by atoms with Gasteiger partial charge in [-0.05, 0) is 24.5 Å². The lowest BCUT2D eigenvalue weighted by molar-refractivity contribution is -0.116. The van der Waals surface area contributed by atoms with Gasteiger partial charge in [-0.25, -0.2) is 4.98 Å². The molecule has 31 heavy (non-hydrogen) atoms. The second-order valence-electron chi connectivity index (χ2n) is 8.05. The van der Waals surface area contributed by atoms with Gasteiger partial charge in [0, 0.05) is 30.1 Å². The normalized spacial score (nSPS) is 14.0. The van der Waals surface area contributed by atoms with Crippen molar-refractivity contribution in [3.8, 4) is 5.75 Å². The molecule has 1 aromatic carbocycles. The van der Waals surface area contributed by atoms with Gasteiger partial charge in [0.2, 0.25) is 5.91 Å². The molecule has 0 unspecified atom stereocenters. The average Bonchev–Trinajstić information content (AvgIpc) is 3.46. The molecule has 0 bridgehead atoms. The number of hydrogen-bond donors (Lipinski definition) is 3. The van der Waals surface area contributed by atoms with E-state index in [0.717, 1.165) is 17.7 Å². The lowest BCUT2D eigenvalue weighted by Crippen LogP contribution is -2.22. The van der Waals surface area contributed by atoms with Crippen LogP contribution in [0.25, 0.3) is 11.0 Å². The van der Waals surface area contributed by atoms with Crippen molar-refractivity contribution < 1.29 is 14.3 Å². The Morgan fingerprint density at radius 2 is 2.03 bits per heavy atom. The predicted octanol–water partition coefficient (Wildman–Crippen LogP) is 4.41. The molecule has 2 amide bonds. The Labute approximate surface area is 181 Å². The first-order valence-electron chi connectivity index (χ1n) is 10.8. The summed E-state index contributed by atoms with van der Waals surface area (Å²) in [5, 5.41) is 6.52. The average molecular weight is 421 g/mol. The van der Waals surface area contributed by atoms with E-state index < -0.39 is 0 Å². The van der Waals surface area contributed by atoms with Gasteiger partial charge in [-0.3, -0.25) is 9.59 Å². The lowest BCUT2D eigenvalue weighted by atomic mass is 10.0. The monoisotopic (exact) mass is 420 g/mol. The van der Waals surface area contributed by atoms with Crippen molar-refractivity contribution in [1.82, 2.24) is 15.3 Å². The summed E-state index contributed by atoms with van der Waals surface area (Å²) in [5.74, 6) is 1.18. The van der Waals surface area contributed by atoms with E-state index in [4.69, 9.17) is 4.74 Å². The minimum atomic E-state index is -0.219. The molecule has 0 spiro atoms. The van der Waals surface area contributed by atoms with Crippen LogP contribution >= 0.6 is 0 Å². The number of methoxy groups -OCH3 is 1. The van der Waals surface area contributed by atoms with Gasteiger partial charge in [0.05, 0.1) is 24.6 Å². The third kappa shape index (κ3) is 5.05. The van der Waals surface area contributed by atoms with Crippen molar-refractivity contribution in [2.24, 2.45) is 5.92 Å². The molecule has 3 N–H and O–H groups in total. The molecule has 0 radical (unpaired) electrons. The van der Waals surface area contributed by atoms with E-state index in [1.165, 1.54) is 25.7 Å². The van der Waals surface area contributed by atoms with E-state index in [9.17, 15) is 9.59 Å². The zero-order chi connectivity index (χ0) is 21.6. The second kappa shape index (κ2) is 9.64. The van der Waals surface area contributed by atoms with Gasteiger partial charge in [0.1, 0.15) is 11.4 Å². The summed E-state index contributed by atoms with van der Waals surface area (Å²) < 4.78 is 5.34. The van der Waals surface area contributed by atoms with Crippen LogP contribution in [0.4, 0.5) is 5.69 Å². The molecule has 2 aromatic heterocycles. The van der Waals surface area contributed by atoms with Crippen LogP contribution in [0.1, 0.15) is 54.4 Å². The number of carbonyl (C=O) groups excluding carboxylic acids is 2. The van der Waals surface area contributed by atoms with Gasteiger partial charge in [-0.15, -0.1) is 0 Å². The Morgan fingerprint density at radius 1 is 1.23 bits per heavy atom. The molecular formula is C24H28N4O3. The van der Waals surface area contributed by atoms with Crippen molar-refractivity contribution >= 4 is 28.5 Å². The number of pyridine rings is 1. The quantitative estimate of drug-likeness (QED) is 0.503. The first kappa shape index (κ1) is 20.9. The number of anilines is 1. The number of amides is 2. The molecule has 1 saturated carbocycles. The van der Waals surface area contributed by atoms with Crippen LogP contribution in [0.3, 0.4) is 0 Å². The topological polar surface area (TPSA) is 96.1 Å². The summed E-state index contributed by atoms with van der Waals surface area (Å²) in [4.78, 5) is 32.5. The molecule has 1 fully saturated rings. The number of fused-ring (bicyclic) bond motifs is 1. The van der Waals surface area contributed by atoms with Gasteiger partial charge >= 0.3 is 0 Å². The third-order valence-electron chi connectivity index (χ3n) is 5.95. The number of nitrogens with one attached hydrogen (secondary N) is 3. The molecular weight excluding hydrogens is 392 g/mol. The SMILES string of the molecule is COc1ccccc1CNC(=O)c1c[nH]c2ncc(NC(=O)CCC3CCCC3)cc12. The summed E-state index contributed by atoms with van der Waals surface area (Å²) >= 11 is 0. The molecule has 2 heterocycles. The fourth-order valence-corrected chi connectivity index (χ4v) is 4.24. The predicted molar refractivity (Wildman–Crippen MR) is 120 cm³/mol. The molecule has 0 saturated heterocycles. The van der Waals surface area contributed by atoms with Crippen LogP contribution in [-0.2, 0) is 11.3 Å². The number of nitrogens with zero attached hydrogens (tertiary/aromatic N) is 1. The fourth-order valence-electron chi connectivity index (χ4n) is 4.24. The molecule has 1 aliphatic rings. The van der Waals surface area contributed by atoms with Crippen LogP contribution < -0.4 is 15.4 Å². The van der Waals surface area contributed by atoms with E-state index in [0.29, 0.717) is 41.2 Å². The summed E-state index contributed by atoms with van der Waals surface area (Å²) in [5.41, 5.74) is 2.58. The van der Waals surface area contributed by atoms with Crippen molar-refractivity contribution in [1.29, 1.82) is 0 Å². The standard InChI is InChI=1S/C24H28N4O3/c1-31-21-9-5-4-8-17(21)13-27-24(30)20-15-26-23-19(20)12-18(14-25-23)28-22(29)11-10-16-6-2-3-7-16/h4-5,8-9,12,14-16H,2-3,6-7,10-11,13H2,1H3,(H,25,26)(H,27,30)(H,28,29). The number of H-pyrrole nitrogens is 1. The van der Waals surface area contributed by atoms with Crippen LogP contribution in [0.2, 0.25) is 0 Å². The maximum absolute atomic E-state index is 12.8. The first-order valence-corrected chi connectivity index (χ1v) is 10.8. The Hall–Kier alpha value is -3.35. The highest BCUT2D eigenvalue weighted by Gasteiger charge is 2.17. The molecule has 162 valence electrons. The second-order valence-corrected chi connectivity index (χ2v) is 8.05. The minimum Gasteiger partial charge on any atom is -0.496 e. The largest absolute Gasteiger partial charge is 0.496 e. The summed E-state index contributed by atoms with van der Waals surface area (Å²) in [7, 11) is 1.61. The van der Waals surface area contributed by atoms with Crippen LogP contribution in [0.15, 0.2) is 42.7 Å². The highest BCUT2D eigenvalue weighted by molar-refractivity contribution is 6.07. The molecule has 1 aliphatic carbocycles. The highest BCUT2D eigenvalue weighted by Crippen LogP contribution is 2.28. The zero-order valence-corrected chi connectivity index (χ0v) is 17.7. The molecule has 7 nitrogen and oxygen atoms in total. The van der Waals surface area contributed by atoms with Gasteiger partial charge < -0.3 is 20.4 Å². The Kier molecular flexibility index (Phi) is 6.50. The van der Waals surface area contributed by atoms with Crippen molar-refractivity contribution in [3.05, 3.63) is 53.9 Å². The molecule has 0 atom stereocenters. The zero-order valence-electron chi connectivity index (χ0n) is 17.7. The van der Waals surface area contributed by atoms with Crippen molar-refractivity contribution in [3.63, 3.8) is 0 Å². The van der Waals surface area contributed by atoms with Gasteiger partial charge in [0.25, 0.3) is 5.91 Å². The Morgan fingerprint density at radius 3 is 2.84 bits per heavy atom. The number of hydrogen-bond acceptors (Lipinski definition) is 4. The smallest absolute Gasteiger partial charge is 0.253 e. The number of benzene rings is 1. The van der Waals surface area contributed by atoms with Gasteiger partial charge in [0.15, 0.2) is 0 Å². The highest BCUT2D eigenvalue weighted by atomic mass is 16.5. The maximum Gasteiger partial charge on any atom is 0.253 e. The molecule has 3 aromatic rings. The number of para-hydroxylation sites is 1. The first-order chi connectivity index (χ1) is 15.1.